The molecule has 1 heterocycles. The van der Waals surface area contributed by atoms with Gasteiger partial charge in [-0.05, 0) is 34.6 Å². The Kier molecular flexibility index (Phi) is 4.22. The van der Waals surface area contributed by atoms with E-state index in [0.29, 0.717) is 18.3 Å². The van der Waals surface area contributed by atoms with Gasteiger partial charge in [-0.1, -0.05) is 5.16 Å². The highest BCUT2D eigenvalue weighted by atomic mass is 16.6. The molecule has 0 aromatic carbocycles. The van der Waals surface area contributed by atoms with Crippen molar-refractivity contribution in [1.82, 2.24) is 15.5 Å². The molecule has 1 atom stereocenters. The van der Waals surface area contributed by atoms with Crippen LogP contribution >= 0.6 is 0 Å². The molecule has 6 heteroatoms. The number of rotatable bonds is 4. The third-order valence-corrected chi connectivity index (χ3v) is 1.89. The summed E-state index contributed by atoms with van der Waals surface area (Å²) >= 11 is 0. The molecule has 0 radical (unpaired) electrons. The van der Waals surface area contributed by atoms with E-state index in [1.807, 2.05) is 20.8 Å². The van der Waals surface area contributed by atoms with Crippen LogP contribution in [0.15, 0.2) is 4.52 Å². The van der Waals surface area contributed by atoms with Gasteiger partial charge < -0.3 is 9.26 Å². The number of aryl methyl sites for hydroxylation is 1. The van der Waals surface area contributed by atoms with Gasteiger partial charge >= 0.3 is 5.97 Å². The van der Waals surface area contributed by atoms with Crippen molar-refractivity contribution in [3.63, 3.8) is 0 Å². The van der Waals surface area contributed by atoms with Gasteiger partial charge in [0.15, 0.2) is 5.82 Å². The van der Waals surface area contributed by atoms with E-state index < -0.39 is 11.6 Å². The molecule has 0 aliphatic rings. The lowest BCUT2D eigenvalue weighted by Gasteiger charge is -2.22. The average Bonchev–Trinajstić information content (AvgIpc) is 2.58. The molecule has 0 bridgehead atoms. The van der Waals surface area contributed by atoms with Gasteiger partial charge in [-0.15, -0.1) is 0 Å². The van der Waals surface area contributed by atoms with Crippen LogP contribution in [0.4, 0.5) is 0 Å². The predicted molar refractivity (Wildman–Crippen MR) is 61.2 cm³/mol. The molecular weight excluding hydrogens is 222 g/mol. The van der Waals surface area contributed by atoms with Gasteiger partial charge in [0, 0.05) is 0 Å². The molecule has 1 aromatic rings. The van der Waals surface area contributed by atoms with Crippen LogP contribution in [0.3, 0.4) is 0 Å². The average molecular weight is 241 g/mol. The summed E-state index contributed by atoms with van der Waals surface area (Å²) in [5, 5.41) is 6.62. The van der Waals surface area contributed by atoms with E-state index in [2.05, 4.69) is 15.5 Å². The Balaban J connectivity index is 2.39. The van der Waals surface area contributed by atoms with Crippen molar-refractivity contribution in [3.8, 4) is 0 Å². The van der Waals surface area contributed by atoms with E-state index in [9.17, 15) is 4.79 Å². The highest BCUT2D eigenvalue weighted by Crippen LogP contribution is 2.08. The number of nitrogens with one attached hydrogen (secondary N) is 1. The van der Waals surface area contributed by atoms with Crippen molar-refractivity contribution >= 4 is 5.97 Å². The summed E-state index contributed by atoms with van der Waals surface area (Å²) in [5.74, 6) is 0.735. The van der Waals surface area contributed by atoms with Crippen LogP contribution in [0.1, 0.15) is 39.4 Å². The van der Waals surface area contributed by atoms with Crippen molar-refractivity contribution in [2.24, 2.45) is 0 Å². The summed E-state index contributed by atoms with van der Waals surface area (Å²) < 4.78 is 10.1. The highest BCUT2D eigenvalue weighted by molar-refractivity contribution is 5.75. The van der Waals surface area contributed by atoms with Gasteiger partial charge in [0.05, 0.1) is 6.54 Å². The zero-order valence-corrected chi connectivity index (χ0v) is 10.9. The second kappa shape index (κ2) is 5.27. The molecular formula is C11H19N3O3. The number of hydrogen-bond acceptors (Lipinski definition) is 6. The van der Waals surface area contributed by atoms with Crippen molar-refractivity contribution in [2.45, 2.75) is 52.8 Å². The molecule has 1 rings (SSSR count). The number of carbonyl (C=O) groups is 1. The smallest absolute Gasteiger partial charge is 0.323 e. The minimum atomic E-state index is -0.478. The first-order valence-electron chi connectivity index (χ1n) is 5.53. The third-order valence-electron chi connectivity index (χ3n) is 1.89. The number of hydrogen-bond donors (Lipinski definition) is 1. The van der Waals surface area contributed by atoms with Crippen molar-refractivity contribution < 1.29 is 14.1 Å². The summed E-state index contributed by atoms with van der Waals surface area (Å²) in [7, 11) is 0. The maximum atomic E-state index is 11.6. The van der Waals surface area contributed by atoms with Gasteiger partial charge in [0.25, 0.3) is 0 Å². The zero-order chi connectivity index (χ0) is 13.1. The van der Waals surface area contributed by atoms with Crippen LogP contribution < -0.4 is 5.32 Å². The Morgan fingerprint density at radius 3 is 2.65 bits per heavy atom. The molecule has 17 heavy (non-hydrogen) atoms. The SMILES string of the molecule is Cc1noc(CNC(C)C(=O)OC(C)(C)C)n1. The molecule has 1 N–H and O–H groups in total. The molecule has 0 saturated heterocycles. The standard InChI is InChI=1S/C11H19N3O3/c1-7(10(15)16-11(3,4)5)12-6-9-13-8(2)14-17-9/h7,12H,6H2,1-5H3. The number of nitrogens with zero attached hydrogens (tertiary/aromatic N) is 2. The van der Waals surface area contributed by atoms with E-state index in [1.165, 1.54) is 0 Å². The lowest BCUT2D eigenvalue weighted by molar-refractivity contribution is -0.157. The fraction of sp³-hybridized carbons (Fsp3) is 0.727. The van der Waals surface area contributed by atoms with Crippen LogP contribution in [-0.4, -0.2) is 27.8 Å². The first-order valence-corrected chi connectivity index (χ1v) is 5.53. The Hall–Kier alpha value is -1.43. The fourth-order valence-electron chi connectivity index (χ4n) is 1.13. The Morgan fingerprint density at radius 2 is 2.18 bits per heavy atom. The molecule has 6 nitrogen and oxygen atoms in total. The fourth-order valence-corrected chi connectivity index (χ4v) is 1.13. The van der Waals surface area contributed by atoms with Gasteiger partial charge in [-0.25, -0.2) is 0 Å². The first-order chi connectivity index (χ1) is 7.78. The van der Waals surface area contributed by atoms with Crippen molar-refractivity contribution in [1.29, 1.82) is 0 Å². The topological polar surface area (TPSA) is 77.2 Å². The van der Waals surface area contributed by atoms with Crippen molar-refractivity contribution in [2.75, 3.05) is 0 Å². The Morgan fingerprint density at radius 1 is 1.53 bits per heavy atom. The molecule has 96 valence electrons. The van der Waals surface area contributed by atoms with Crippen LogP contribution in [-0.2, 0) is 16.1 Å². The van der Waals surface area contributed by atoms with E-state index in [4.69, 9.17) is 9.26 Å². The molecule has 0 saturated carbocycles. The van der Waals surface area contributed by atoms with E-state index >= 15 is 0 Å². The first kappa shape index (κ1) is 13.6. The summed E-state index contributed by atoms with van der Waals surface area (Å²) in [5.41, 5.74) is -0.478. The van der Waals surface area contributed by atoms with E-state index in [1.54, 1.807) is 13.8 Å². The molecule has 1 aromatic heterocycles. The van der Waals surface area contributed by atoms with Crippen LogP contribution in [0.2, 0.25) is 0 Å². The zero-order valence-electron chi connectivity index (χ0n) is 10.9. The van der Waals surface area contributed by atoms with Gasteiger partial charge in [0.2, 0.25) is 5.89 Å². The van der Waals surface area contributed by atoms with Gasteiger partial charge in [-0.3, -0.25) is 10.1 Å². The normalized spacial score (nSPS) is 13.5. The number of esters is 1. The quantitative estimate of drug-likeness (QED) is 0.798. The molecule has 0 spiro atoms. The third kappa shape index (κ3) is 4.95. The summed E-state index contributed by atoms with van der Waals surface area (Å²) in [6.45, 7) is 9.32. The maximum absolute atomic E-state index is 11.6. The maximum Gasteiger partial charge on any atom is 0.323 e. The minimum absolute atomic E-state index is 0.297. The molecule has 1 unspecified atom stereocenters. The lowest BCUT2D eigenvalue weighted by atomic mass is 10.2. The van der Waals surface area contributed by atoms with Crippen LogP contribution in [0.25, 0.3) is 0 Å². The monoisotopic (exact) mass is 241 g/mol. The Bertz CT molecular complexity index is 382. The number of carbonyl (C=O) groups excluding carboxylic acids is 1. The van der Waals surface area contributed by atoms with Gasteiger partial charge in [0.1, 0.15) is 11.6 Å². The molecule has 0 aliphatic heterocycles. The van der Waals surface area contributed by atoms with Crippen molar-refractivity contribution in [3.05, 3.63) is 11.7 Å². The summed E-state index contributed by atoms with van der Waals surface area (Å²) in [6.07, 6.45) is 0. The highest BCUT2D eigenvalue weighted by Gasteiger charge is 2.21. The number of aromatic nitrogens is 2. The molecule has 0 amide bonds. The predicted octanol–water partition coefficient (Wildman–Crippen LogP) is 1.20. The molecule has 0 fully saturated rings. The van der Waals surface area contributed by atoms with Gasteiger partial charge in [-0.2, -0.15) is 4.98 Å². The second-order valence-corrected chi connectivity index (χ2v) is 4.87. The van der Waals surface area contributed by atoms with E-state index in [0.717, 1.165) is 0 Å². The van der Waals surface area contributed by atoms with E-state index in [-0.39, 0.29) is 5.97 Å². The van der Waals surface area contributed by atoms with Crippen LogP contribution in [0.5, 0.6) is 0 Å². The second-order valence-electron chi connectivity index (χ2n) is 4.87. The Labute approximate surface area is 101 Å². The minimum Gasteiger partial charge on any atom is -0.459 e. The van der Waals surface area contributed by atoms with Crippen LogP contribution in [0, 0.1) is 6.92 Å². The summed E-state index contributed by atoms with van der Waals surface area (Å²) in [4.78, 5) is 15.7. The molecule has 0 aliphatic carbocycles. The summed E-state index contributed by atoms with van der Waals surface area (Å²) in [6, 6.07) is -0.415. The largest absolute Gasteiger partial charge is 0.459 e. The lowest BCUT2D eigenvalue weighted by Crippen LogP contribution is -2.38. The number of ether oxygens (including phenoxy) is 1.